The van der Waals surface area contributed by atoms with Gasteiger partial charge in [-0.25, -0.2) is 4.79 Å². The van der Waals surface area contributed by atoms with Gasteiger partial charge in [0.05, 0.1) is 0 Å². The molecular formula is C22H25N5O. The average Bonchev–Trinajstić information content (AvgIpc) is 2.69. The Kier molecular flexibility index (Phi) is 6.22. The maximum absolute atomic E-state index is 13.0. The number of nitrogens with zero attached hydrogens (tertiary/aromatic N) is 4. The van der Waals surface area contributed by atoms with E-state index in [1.54, 1.807) is 29.7 Å². The van der Waals surface area contributed by atoms with Crippen molar-refractivity contribution in [3.8, 4) is 0 Å². The maximum Gasteiger partial charge on any atom is 0.322 e. The van der Waals surface area contributed by atoms with Gasteiger partial charge in [0.2, 0.25) is 0 Å². The second-order valence-corrected chi connectivity index (χ2v) is 6.90. The Labute approximate surface area is 165 Å². The van der Waals surface area contributed by atoms with Gasteiger partial charge >= 0.3 is 6.03 Å². The summed E-state index contributed by atoms with van der Waals surface area (Å²) in [6.07, 6.45) is 6.98. The fourth-order valence-corrected chi connectivity index (χ4v) is 3.06. The van der Waals surface area contributed by atoms with Gasteiger partial charge < -0.3 is 15.1 Å². The van der Waals surface area contributed by atoms with Crippen LogP contribution in [0.2, 0.25) is 0 Å². The van der Waals surface area contributed by atoms with Gasteiger partial charge in [-0.05, 0) is 60.0 Å². The van der Waals surface area contributed by atoms with E-state index >= 15 is 0 Å². The fraction of sp³-hybridized carbons (Fsp3) is 0.227. The molecule has 3 rings (SSSR count). The minimum atomic E-state index is -0.155. The number of rotatable bonds is 6. The Hall–Kier alpha value is -3.41. The zero-order chi connectivity index (χ0) is 19.9. The monoisotopic (exact) mass is 375 g/mol. The Balaban J connectivity index is 1.78. The summed E-state index contributed by atoms with van der Waals surface area (Å²) in [6, 6.07) is 13.4. The van der Waals surface area contributed by atoms with Crippen molar-refractivity contribution < 1.29 is 4.79 Å². The van der Waals surface area contributed by atoms with E-state index in [9.17, 15) is 4.79 Å². The number of nitrogens with one attached hydrogen (secondary N) is 1. The van der Waals surface area contributed by atoms with Gasteiger partial charge in [0.15, 0.2) is 0 Å². The van der Waals surface area contributed by atoms with Crippen molar-refractivity contribution >= 4 is 17.4 Å². The van der Waals surface area contributed by atoms with E-state index in [4.69, 9.17) is 0 Å². The third-order valence-corrected chi connectivity index (χ3v) is 4.44. The van der Waals surface area contributed by atoms with Crippen LogP contribution in [-0.4, -0.2) is 35.0 Å². The van der Waals surface area contributed by atoms with Gasteiger partial charge in [0, 0.05) is 63.3 Å². The molecule has 1 N–H and O–H groups in total. The third kappa shape index (κ3) is 5.07. The third-order valence-electron chi connectivity index (χ3n) is 4.44. The first-order chi connectivity index (χ1) is 13.5. The number of hydrogen-bond acceptors (Lipinski definition) is 4. The molecule has 0 unspecified atom stereocenters. The lowest BCUT2D eigenvalue weighted by Gasteiger charge is -2.24. The van der Waals surface area contributed by atoms with Crippen molar-refractivity contribution in [2.24, 2.45) is 0 Å². The molecule has 6 heteroatoms. The Morgan fingerprint density at radius 3 is 2.36 bits per heavy atom. The molecular weight excluding hydrogens is 350 g/mol. The highest BCUT2D eigenvalue weighted by atomic mass is 16.2. The molecule has 2 heterocycles. The lowest BCUT2D eigenvalue weighted by Crippen LogP contribution is -2.34. The molecule has 0 bridgehead atoms. The molecule has 0 aliphatic carbocycles. The molecule has 0 saturated heterocycles. The van der Waals surface area contributed by atoms with Crippen LogP contribution in [-0.2, 0) is 13.1 Å². The summed E-state index contributed by atoms with van der Waals surface area (Å²) in [5.74, 6) is 0. The van der Waals surface area contributed by atoms with Crippen LogP contribution in [0.5, 0.6) is 0 Å². The molecule has 6 nitrogen and oxygen atoms in total. The van der Waals surface area contributed by atoms with Gasteiger partial charge in [-0.2, -0.15) is 0 Å². The number of carbonyl (C=O) groups excluding carboxylic acids is 1. The second-order valence-electron chi connectivity index (χ2n) is 6.90. The molecule has 0 atom stereocenters. The molecule has 28 heavy (non-hydrogen) atoms. The molecule has 0 aliphatic heterocycles. The lowest BCUT2D eigenvalue weighted by atomic mass is 10.1. The first-order valence-electron chi connectivity index (χ1n) is 9.14. The van der Waals surface area contributed by atoms with Gasteiger partial charge in [0.25, 0.3) is 0 Å². The van der Waals surface area contributed by atoms with Crippen LogP contribution in [0.15, 0.2) is 67.3 Å². The summed E-state index contributed by atoms with van der Waals surface area (Å²) in [5.41, 5.74) is 5.01. The maximum atomic E-state index is 13.0. The number of pyridine rings is 2. The SMILES string of the molecule is Cc1cc(NC(=O)N(Cc2ccncc2)Cc2cccnc2)ccc1N(C)C. The van der Waals surface area contributed by atoms with E-state index in [0.717, 1.165) is 28.1 Å². The topological polar surface area (TPSA) is 61.4 Å². The summed E-state index contributed by atoms with van der Waals surface area (Å²) in [5, 5.41) is 3.02. The average molecular weight is 375 g/mol. The number of carbonyl (C=O) groups is 1. The van der Waals surface area contributed by atoms with Crippen molar-refractivity contribution in [1.29, 1.82) is 0 Å². The Morgan fingerprint density at radius 1 is 0.964 bits per heavy atom. The lowest BCUT2D eigenvalue weighted by molar-refractivity contribution is 0.206. The first-order valence-corrected chi connectivity index (χ1v) is 9.14. The number of aryl methyl sites for hydroxylation is 1. The number of aromatic nitrogens is 2. The van der Waals surface area contributed by atoms with Crippen molar-refractivity contribution in [2.75, 3.05) is 24.3 Å². The van der Waals surface area contributed by atoms with E-state index in [-0.39, 0.29) is 6.03 Å². The van der Waals surface area contributed by atoms with Crippen LogP contribution >= 0.6 is 0 Å². The van der Waals surface area contributed by atoms with Crippen molar-refractivity contribution in [3.05, 3.63) is 83.9 Å². The van der Waals surface area contributed by atoms with Gasteiger partial charge in [-0.15, -0.1) is 0 Å². The van der Waals surface area contributed by atoms with E-state index in [1.807, 2.05) is 63.5 Å². The summed E-state index contributed by atoms with van der Waals surface area (Å²) < 4.78 is 0. The molecule has 2 amide bonds. The highest BCUT2D eigenvalue weighted by Gasteiger charge is 2.16. The van der Waals surface area contributed by atoms with Crippen molar-refractivity contribution in [3.63, 3.8) is 0 Å². The summed E-state index contributed by atoms with van der Waals surface area (Å²) in [6.45, 7) is 2.99. The molecule has 1 aromatic carbocycles. The number of amides is 2. The molecule has 0 fully saturated rings. The minimum absolute atomic E-state index is 0.155. The second kappa shape index (κ2) is 8.99. The fourth-order valence-electron chi connectivity index (χ4n) is 3.06. The molecule has 3 aromatic rings. The molecule has 0 aliphatic rings. The number of urea groups is 1. The quantitative estimate of drug-likeness (QED) is 0.705. The van der Waals surface area contributed by atoms with E-state index in [0.29, 0.717) is 13.1 Å². The standard InChI is InChI=1S/C22H25N5O/c1-17-13-20(6-7-21(17)26(2)3)25-22(28)27(15-18-8-11-23-12-9-18)16-19-5-4-10-24-14-19/h4-14H,15-16H2,1-3H3,(H,25,28). The Bertz CT molecular complexity index is 871. The highest BCUT2D eigenvalue weighted by molar-refractivity contribution is 5.89. The van der Waals surface area contributed by atoms with Crippen molar-refractivity contribution in [1.82, 2.24) is 14.9 Å². The summed E-state index contributed by atoms with van der Waals surface area (Å²) in [7, 11) is 4.01. The van der Waals surface area contributed by atoms with Gasteiger partial charge in [-0.3, -0.25) is 9.97 Å². The van der Waals surface area contributed by atoms with Crippen LogP contribution in [0.3, 0.4) is 0 Å². The molecule has 0 saturated carbocycles. The van der Waals surface area contributed by atoms with Gasteiger partial charge in [-0.1, -0.05) is 6.07 Å². The molecule has 0 spiro atoms. The largest absolute Gasteiger partial charge is 0.377 e. The smallest absolute Gasteiger partial charge is 0.322 e. The van der Waals surface area contributed by atoms with Crippen LogP contribution in [0.25, 0.3) is 0 Å². The zero-order valence-electron chi connectivity index (χ0n) is 16.5. The normalized spacial score (nSPS) is 10.4. The van der Waals surface area contributed by atoms with E-state index < -0.39 is 0 Å². The van der Waals surface area contributed by atoms with Crippen LogP contribution < -0.4 is 10.2 Å². The van der Waals surface area contributed by atoms with Crippen LogP contribution in [0, 0.1) is 6.92 Å². The number of benzene rings is 1. The number of hydrogen-bond donors (Lipinski definition) is 1. The Morgan fingerprint density at radius 2 is 1.71 bits per heavy atom. The predicted octanol–water partition coefficient (Wildman–Crippen LogP) is 4.09. The highest BCUT2D eigenvalue weighted by Crippen LogP contribution is 2.22. The number of anilines is 2. The van der Waals surface area contributed by atoms with Crippen LogP contribution in [0.1, 0.15) is 16.7 Å². The molecule has 144 valence electrons. The molecule has 2 aromatic heterocycles. The van der Waals surface area contributed by atoms with E-state index in [1.165, 1.54) is 0 Å². The van der Waals surface area contributed by atoms with Crippen LogP contribution in [0.4, 0.5) is 16.2 Å². The zero-order valence-corrected chi connectivity index (χ0v) is 16.5. The molecule has 0 radical (unpaired) electrons. The first kappa shape index (κ1) is 19.4. The van der Waals surface area contributed by atoms with Gasteiger partial charge in [0.1, 0.15) is 0 Å². The minimum Gasteiger partial charge on any atom is -0.377 e. The van der Waals surface area contributed by atoms with E-state index in [2.05, 4.69) is 20.2 Å². The van der Waals surface area contributed by atoms with Crippen molar-refractivity contribution in [2.45, 2.75) is 20.0 Å². The predicted molar refractivity (Wildman–Crippen MR) is 112 cm³/mol. The summed E-state index contributed by atoms with van der Waals surface area (Å²) >= 11 is 0. The summed E-state index contributed by atoms with van der Waals surface area (Å²) in [4.78, 5) is 25.0.